The van der Waals surface area contributed by atoms with Crippen LogP contribution in [0.3, 0.4) is 0 Å². The summed E-state index contributed by atoms with van der Waals surface area (Å²) in [6.07, 6.45) is 0. The van der Waals surface area contributed by atoms with Crippen molar-refractivity contribution < 1.29 is 0 Å². The first-order valence-corrected chi connectivity index (χ1v) is 4.15. The van der Waals surface area contributed by atoms with Crippen molar-refractivity contribution in [1.82, 2.24) is 10.3 Å². The summed E-state index contributed by atoms with van der Waals surface area (Å²) in [6.45, 7) is 4.07. The predicted molar refractivity (Wildman–Crippen MR) is 43.8 cm³/mol. The zero-order valence-corrected chi connectivity index (χ0v) is 7.38. The molecule has 54 valence electrons. The maximum Gasteiger partial charge on any atom is 0.0428 e. The highest BCUT2D eigenvalue weighted by atomic mass is 79.9. The van der Waals surface area contributed by atoms with Crippen LogP contribution in [0.2, 0.25) is 0 Å². The number of rotatable bonds is 0. The highest BCUT2D eigenvalue weighted by Crippen LogP contribution is 2.27. The number of H-pyrrole nitrogens is 1. The zero-order valence-electron chi connectivity index (χ0n) is 5.79. The molecule has 0 saturated carbocycles. The summed E-state index contributed by atoms with van der Waals surface area (Å²) in [7, 11) is 0. The van der Waals surface area contributed by atoms with Crippen molar-refractivity contribution in [2.75, 3.05) is 0 Å². The largest absolute Gasteiger partial charge is 0.360 e. The van der Waals surface area contributed by atoms with Gasteiger partial charge in [0.1, 0.15) is 0 Å². The number of aryl methyl sites for hydroxylation is 1. The molecule has 1 aromatic rings. The van der Waals surface area contributed by atoms with E-state index in [9.17, 15) is 0 Å². The molecule has 1 aromatic heterocycles. The summed E-state index contributed by atoms with van der Waals surface area (Å²) >= 11 is 3.53. The van der Waals surface area contributed by atoms with Crippen molar-refractivity contribution in [2.24, 2.45) is 0 Å². The zero-order chi connectivity index (χ0) is 7.14. The van der Waals surface area contributed by atoms with Gasteiger partial charge in [0.05, 0.1) is 0 Å². The number of nitrogens with one attached hydrogen (secondary N) is 2. The van der Waals surface area contributed by atoms with Crippen LogP contribution in [0.25, 0.3) is 0 Å². The molecular formula is C7H9BrN2. The molecule has 0 spiro atoms. The molecule has 0 amide bonds. The van der Waals surface area contributed by atoms with Gasteiger partial charge >= 0.3 is 0 Å². The normalized spacial score (nSPS) is 15.8. The fraction of sp³-hybridized carbons (Fsp3) is 0.429. The third kappa shape index (κ3) is 0.739. The molecule has 2 nitrogen and oxygen atoms in total. The summed E-state index contributed by atoms with van der Waals surface area (Å²) < 4.78 is 1.24. The Labute approximate surface area is 68.1 Å². The third-order valence-corrected chi connectivity index (χ3v) is 2.97. The summed E-state index contributed by atoms with van der Waals surface area (Å²) in [5, 5.41) is 3.27. The Kier molecular flexibility index (Phi) is 1.35. The van der Waals surface area contributed by atoms with E-state index in [-0.39, 0.29) is 0 Å². The van der Waals surface area contributed by atoms with Gasteiger partial charge in [-0.3, -0.25) is 0 Å². The van der Waals surface area contributed by atoms with Gasteiger partial charge in [0.25, 0.3) is 0 Å². The second-order valence-corrected chi connectivity index (χ2v) is 3.42. The molecule has 0 radical (unpaired) electrons. The van der Waals surface area contributed by atoms with Gasteiger partial charge in [-0.05, 0) is 22.9 Å². The minimum atomic E-state index is 0.988. The van der Waals surface area contributed by atoms with Crippen molar-refractivity contribution in [2.45, 2.75) is 20.0 Å². The lowest BCUT2D eigenvalue weighted by Gasteiger charge is -1.91. The van der Waals surface area contributed by atoms with Crippen LogP contribution in [0, 0.1) is 6.92 Å². The summed E-state index contributed by atoms with van der Waals surface area (Å²) in [5.74, 6) is 0. The van der Waals surface area contributed by atoms with Crippen LogP contribution < -0.4 is 5.32 Å². The van der Waals surface area contributed by atoms with Crippen molar-refractivity contribution in [3.63, 3.8) is 0 Å². The molecule has 0 fully saturated rings. The second kappa shape index (κ2) is 2.10. The Balaban J connectivity index is 2.59. The van der Waals surface area contributed by atoms with Gasteiger partial charge in [0.2, 0.25) is 0 Å². The van der Waals surface area contributed by atoms with E-state index in [1.165, 1.54) is 21.4 Å². The fourth-order valence-electron chi connectivity index (χ4n) is 1.36. The Morgan fingerprint density at radius 2 is 2.20 bits per heavy atom. The van der Waals surface area contributed by atoms with E-state index in [0.29, 0.717) is 0 Å². The smallest absolute Gasteiger partial charge is 0.0428 e. The number of halogens is 1. The van der Waals surface area contributed by atoms with E-state index in [1.807, 2.05) is 0 Å². The van der Waals surface area contributed by atoms with Crippen LogP contribution in [0.15, 0.2) is 4.47 Å². The van der Waals surface area contributed by atoms with Crippen molar-refractivity contribution >= 4 is 15.9 Å². The minimum absolute atomic E-state index is 0.988. The Bertz CT molecular complexity index is 265. The maximum atomic E-state index is 3.53. The molecule has 2 heterocycles. The number of hydrogen-bond donors (Lipinski definition) is 2. The van der Waals surface area contributed by atoms with Gasteiger partial charge in [-0.15, -0.1) is 0 Å². The number of hydrogen-bond acceptors (Lipinski definition) is 1. The molecule has 0 unspecified atom stereocenters. The summed E-state index contributed by atoms with van der Waals surface area (Å²) in [5.41, 5.74) is 3.98. The van der Waals surface area contributed by atoms with Crippen LogP contribution in [0.1, 0.15) is 17.0 Å². The minimum Gasteiger partial charge on any atom is -0.360 e. The van der Waals surface area contributed by atoms with E-state index in [1.54, 1.807) is 0 Å². The van der Waals surface area contributed by atoms with E-state index in [2.05, 4.69) is 33.2 Å². The molecule has 0 saturated heterocycles. The van der Waals surface area contributed by atoms with E-state index in [4.69, 9.17) is 0 Å². The molecule has 1 aliphatic heterocycles. The van der Waals surface area contributed by atoms with Crippen molar-refractivity contribution in [1.29, 1.82) is 0 Å². The van der Waals surface area contributed by atoms with E-state index >= 15 is 0 Å². The fourth-order valence-corrected chi connectivity index (χ4v) is 1.84. The van der Waals surface area contributed by atoms with E-state index < -0.39 is 0 Å². The van der Waals surface area contributed by atoms with Crippen LogP contribution in [-0.4, -0.2) is 4.98 Å². The summed E-state index contributed by atoms with van der Waals surface area (Å²) in [6, 6.07) is 0. The topological polar surface area (TPSA) is 27.8 Å². The summed E-state index contributed by atoms with van der Waals surface area (Å²) in [4.78, 5) is 3.32. The Morgan fingerprint density at radius 3 is 2.90 bits per heavy atom. The maximum absolute atomic E-state index is 3.53. The van der Waals surface area contributed by atoms with Crippen molar-refractivity contribution in [3.8, 4) is 0 Å². The Hall–Kier alpha value is -0.280. The quantitative estimate of drug-likeness (QED) is 0.656. The lowest BCUT2D eigenvalue weighted by atomic mass is 10.3. The lowest BCUT2D eigenvalue weighted by molar-refractivity contribution is 0.750. The average molecular weight is 201 g/mol. The SMILES string of the molecule is Cc1[nH]c2c(c1Br)CNC2. The van der Waals surface area contributed by atoms with Gasteiger partial charge < -0.3 is 10.3 Å². The second-order valence-electron chi connectivity index (χ2n) is 2.62. The molecular weight excluding hydrogens is 192 g/mol. The van der Waals surface area contributed by atoms with Crippen LogP contribution >= 0.6 is 15.9 Å². The molecule has 0 bridgehead atoms. The third-order valence-electron chi connectivity index (χ3n) is 1.90. The molecule has 2 rings (SSSR count). The standard InChI is InChI=1S/C7H9BrN2/c1-4-7(8)5-2-9-3-6(5)10-4/h9-10H,2-3H2,1H3. The molecule has 1 aliphatic rings. The van der Waals surface area contributed by atoms with Gasteiger partial charge in [-0.1, -0.05) is 0 Å². The molecule has 3 heteroatoms. The first-order valence-electron chi connectivity index (χ1n) is 3.35. The molecule has 10 heavy (non-hydrogen) atoms. The first kappa shape index (κ1) is 6.43. The van der Waals surface area contributed by atoms with Crippen LogP contribution in [0.5, 0.6) is 0 Å². The van der Waals surface area contributed by atoms with Gasteiger partial charge in [-0.25, -0.2) is 0 Å². The number of aromatic amines is 1. The predicted octanol–water partition coefficient (Wildman–Crippen LogP) is 1.69. The number of fused-ring (bicyclic) bond motifs is 1. The Morgan fingerprint density at radius 1 is 1.40 bits per heavy atom. The highest BCUT2D eigenvalue weighted by molar-refractivity contribution is 9.10. The van der Waals surface area contributed by atoms with E-state index in [0.717, 1.165) is 13.1 Å². The highest BCUT2D eigenvalue weighted by Gasteiger charge is 2.16. The molecule has 0 aromatic carbocycles. The first-order chi connectivity index (χ1) is 4.79. The molecule has 0 aliphatic carbocycles. The van der Waals surface area contributed by atoms with Crippen LogP contribution in [0.4, 0.5) is 0 Å². The molecule has 2 N–H and O–H groups in total. The average Bonchev–Trinajstić information content (AvgIpc) is 2.41. The lowest BCUT2D eigenvalue weighted by Crippen LogP contribution is -2.02. The molecule has 0 atom stereocenters. The monoisotopic (exact) mass is 200 g/mol. The van der Waals surface area contributed by atoms with Crippen LogP contribution in [-0.2, 0) is 13.1 Å². The van der Waals surface area contributed by atoms with Crippen molar-refractivity contribution in [3.05, 3.63) is 21.4 Å². The van der Waals surface area contributed by atoms with Gasteiger partial charge in [0, 0.05) is 34.5 Å². The van der Waals surface area contributed by atoms with Gasteiger partial charge in [-0.2, -0.15) is 0 Å². The van der Waals surface area contributed by atoms with Gasteiger partial charge in [0.15, 0.2) is 0 Å². The number of aromatic nitrogens is 1.